The number of rotatable bonds is 7. The highest BCUT2D eigenvalue weighted by Crippen LogP contribution is 2.52. The predicted molar refractivity (Wildman–Crippen MR) is 115 cm³/mol. The second-order valence-electron chi connectivity index (χ2n) is 8.20. The van der Waals surface area contributed by atoms with Crippen LogP contribution in [0.2, 0.25) is 0 Å². The van der Waals surface area contributed by atoms with Crippen molar-refractivity contribution in [1.82, 2.24) is 24.8 Å². The molecular weight excluding hydrogens is 402 g/mol. The number of hydrogen-bond acceptors (Lipinski definition) is 6. The maximum Gasteiger partial charge on any atom is 0.228 e. The molecule has 2 bridgehead atoms. The highest BCUT2D eigenvalue weighted by molar-refractivity contribution is 7.08. The molecular formula is C21H25N5OS2. The Hall–Kier alpha value is -2.03. The molecule has 6 nitrogen and oxygen atoms in total. The van der Waals surface area contributed by atoms with Gasteiger partial charge in [0.15, 0.2) is 0 Å². The minimum Gasteiger partial charge on any atom is -0.351 e. The summed E-state index contributed by atoms with van der Waals surface area (Å²) in [7, 11) is 2.04. The summed E-state index contributed by atoms with van der Waals surface area (Å²) in [5.74, 6) is 1.23. The number of aromatic nitrogens is 3. The minimum atomic E-state index is -0.418. The van der Waals surface area contributed by atoms with Gasteiger partial charge in [-0.3, -0.25) is 9.69 Å². The number of aryl methyl sites for hydroxylation is 1. The van der Waals surface area contributed by atoms with Gasteiger partial charge in [0.1, 0.15) is 5.82 Å². The Morgan fingerprint density at radius 3 is 2.97 bits per heavy atom. The number of hydrogen-bond donors (Lipinski definition) is 1. The van der Waals surface area contributed by atoms with Crippen LogP contribution in [-0.2, 0) is 31.4 Å². The third kappa shape index (κ3) is 3.43. The number of imidazole rings is 1. The molecule has 0 unspecified atom stereocenters. The number of carbonyl (C=O) groups is 1. The number of nitrogens with one attached hydrogen (secondary N) is 1. The molecule has 1 N–H and O–H groups in total. The summed E-state index contributed by atoms with van der Waals surface area (Å²) < 4.78 is 2.08. The van der Waals surface area contributed by atoms with Crippen LogP contribution in [0, 0.1) is 5.41 Å². The van der Waals surface area contributed by atoms with E-state index >= 15 is 0 Å². The second-order valence-corrected chi connectivity index (χ2v) is 9.70. The van der Waals surface area contributed by atoms with Crippen molar-refractivity contribution in [3.63, 3.8) is 0 Å². The average molecular weight is 428 g/mol. The normalized spacial score (nSPS) is 26.2. The number of thiophene rings is 1. The quantitative estimate of drug-likeness (QED) is 0.629. The van der Waals surface area contributed by atoms with E-state index in [4.69, 9.17) is 0 Å². The van der Waals surface area contributed by atoms with Gasteiger partial charge in [0.05, 0.1) is 23.2 Å². The molecule has 3 aromatic heterocycles. The van der Waals surface area contributed by atoms with Gasteiger partial charge in [0.2, 0.25) is 5.91 Å². The van der Waals surface area contributed by atoms with Crippen molar-refractivity contribution in [3.8, 4) is 0 Å². The van der Waals surface area contributed by atoms with E-state index in [0.717, 1.165) is 37.3 Å². The van der Waals surface area contributed by atoms with Crippen molar-refractivity contribution < 1.29 is 4.79 Å². The molecule has 5 rings (SSSR count). The molecule has 29 heavy (non-hydrogen) atoms. The first-order valence-electron chi connectivity index (χ1n) is 10.0. The van der Waals surface area contributed by atoms with Crippen LogP contribution in [0.15, 0.2) is 40.1 Å². The van der Waals surface area contributed by atoms with Crippen LogP contribution in [0.1, 0.15) is 36.3 Å². The maximum atomic E-state index is 13.6. The van der Waals surface area contributed by atoms with E-state index in [-0.39, 0.29) is 11.9 Å². The predicted octanol–water partition coefficient (Wildman–Crippen LogP) is 3.22. The third-order valence-electron chi connectivity index (χ3n) is 6.59. The highest BCUT2D eigenvalue weighted by atomic mass is 32.1. The Balaban J connectivity index is 1.41. The van der Waals surface area contributed by atoms with E-state index < -0.39 is 5.41 Å². The first kappa shape index (κ1) is 19.0. The van der Waals surface area contributed by atoms with Crippen molar-refractivity contribution in [3.05, 3.63) is 57.2 Å². The van der Waals surface area contributed by atoms with E-state index in [2.05, 4.69) is 47.0 Å². The Labute approximate surface area is 178 Å². The Morgan fingerprint density at radius 1 is 1.31 bits per heavy atom. The molecule has 0 aromatic carbocycles. The summed E-state index contributed by atoms with van der Waals surface area (Å²) in [4.78, 5) is 25.2. The largest absolute Gasteiger partial charge is 0.351 e. The fraction of sp³-hybridized carbons (Fsp3) is 0.476. The lowest BCUT2D eigenvalue weighted by atomic mass is 9.70. The molecule has 5 heterocycles. The average Bonchev–Trinajstić information content (AvgIpc) is 3.52. The van der Waals surface area contributed by atoms with E-state index in [1.54, 1.807) is 22.7 Å². The van der Waals surface area contributed by atoms with Gasteiger partial charge >= 0.3 is 0 Å². The molecule has 0 spiro atoms. The van der Waals surface area contributed by atoms with Crippen molar-refractivity contribution in [2.24, 2.45) is 12.5 Å². The molecule has 8 heteroatoms. The standard InChI is InChI=1S/C21H25N5OS2/c1-25-6-5-22-19(25)11-26-17-2-3-18(26)21(9-17,8-16-13-29-14-24-16)20(27)23-10-15-4-7-28-12-15/h4-7,12-14,17-18H,2-3,8-11H2,1H3,(H,23,27)/t17-,18+,21+/m1/s1. The van der Waals surface area contributed by atoms with Crippen molar-refractivity contribution in [2.45, 2.75) is 50.9 Å². The van der Waals surface area contributed by atoms with Gasteiger partial charge in [-0.05, 0) is 41.7 Å². The SMILES string of the molecule is Cn1ccnc1CN1[C@@H]2CC[C@H]1[C@@](Cc1cscn1)(C(=O)NCc1ccsc1)C2. The molecule has 3 atom stereocenters. The van der Waals surface area contributed by atoms with Gasteiger partial charge in [-0.15, -0.1) is 11.3 Å². The molecule has 152 valence electrons. The fourth-order valence-electron chi connectivity index (χ4n) is 5.17. The summed E-state index contributed by atoms with van der Waals surface area (Å²) in [6, 6.07) is 2.74. The first-order valence-corrected chi connectivity index (χ1v) is 11.9. The van der Waals surface area contributed by atoms with Crippen LogP contribution in [0.3, 0.4) is 0 Å². The Kier molecular flexibility index (Phi) is 5.01. The number of amides is 1. The second kappa shape index (κ2) is 7.66. The van der Waals surface area contributed by atoms with E-state index in [9.17, 15) is 4.79 Å². The van der Waals surface area contributed by atoms with Gasteiger partial charge in [-0.1, -0.05) is 0 Å². The van der Waals surface area contributed by atoms with Crippen molar-refractivity contribution in [2.75, 3.05) is 0 Å². The highest BCUT2D eigenvalue weighted by Gasteiger charge is 2.59. The van der Waals surface area contributed by atoms with Crippen LogP contribution >= 0.6 is 22.7 Å². The Bertz CT molecular complexity index is 967. The number of nitrogens with zero attached hydrogens (tertiary/aromatic N) is 4. The molecule has 2 fully saturated rings. The molecule has 2 aliphatic rings. The molecule has 0 aliphatic carbocycles. The third-order valence-corrected chi connectivity index (χ3v) is 7.96. The molecule has 2 aliphatic heterocycles. The number of thiazole rings is 1. The van der Waals surface area contributed by atoms with Gasteiger partial charge in [-0.25, -0.2) is 9.97 Å². The smallest absolute Gasteiger partial charge is 0.228 e. The lowest BCUT2D eigenvalue weighted by Crippen LogP contribution is -2.50. The van der Waals surface area contributed by atoms with Crippen molar-refractivity contribution >= 4 is 28.6 Å². The van der Waals surface area contributed by atoms with Gasteiger partial charge in [-0.2, -0.15) is 11.3 Å². The van der Waals surface area contributed by atoms with Crippen LogP contribution in [-0.4, -0.2) is 37.4 Å². The zero-order valence-electron chi connectivity index (χ0n) is 16.5. The Morgan fingerprint density at radius 2 is 2.24 bits per heavy atom. The van der Waals surface area contributed by atoms with E-state index in [1.807, 2.05) is 25.0 Å². The molecule has 1 amide bonds. The monoisotopic (exact) mass is 427 g/mol. The van der Waals surface area contributed by atoms with Crippen LogP contribution < -0.4 is 5.32 Å². The molecule has 3 aromatic rings. The fourth-order valence-corrected chi connectivity index (χ4v) is 6.40. The topological polar surface area (TPSA) is 63.1 Å². The van der Waals surface area contributed by atoms with Crippen LogP contribution in [0.5, 0.6) is 0 Å². The maximum absolute atomic E-state index is 13.6. The zero-order chi connectivity index (χ0) is 19.8. The van der Waals surface area contributed by atoms with Crippen LogP contribution in [0.25, 0.3) is 0 Å². The van der Waals surface area contributed by atoms with E-state index in [0.29, 0.717) is 19.0 Å². The lowest BCUT2D eigenvalue weighted by Gasteiger charge is -2.36. The summed E-state index contributed by atoms with van der Waals surface area (Å²) in [5, 5.41) is 9.49. The molecule has 0 saturated carbocycles. The summed E-state index contributed by atoms with van der Waals surface area (Å²) in [6.07, 6.45) is 7.67. The molecule has 0 radical (unpaired) electrons. The number of fused-ring (bicyclic) bond motifs is 2. The van der Waals surface area contributed by atoms with Crippen LogP contribution in [0.4, 0.5) is 0 Å². The van der Waals surface area contributed by atoms with Gasteiger partial charge < -0.3 is 9.88 Å². The number of carbonyl (C=O) groups excluding carboxylic acids is 1. The van der Waals surface area contributed by atoms with Gasteiger partial charge in [0.25, 0.3) is 0 Å². The zero-order valence-corrected chi connectivity index (χ0v) is 18.1. The van der Waals surface area contributed by atoms with Crippen molar-refractivity contribution in [1.29, 1.82) is 0 Å². The van der Waals surface area contributed by atoms with Gasteiger partial charge in [0, 0.05) is 49.9 Å². The lowest BCUT2D eigenvalue weighted by molar-refractivity contribution is -0.133. The summed E-state index contributed by atoms with van der Waals surface area (Å²) in [6.45, 7) is 1.40. The minimum absolute atomic E-state index is 0.175. The molecule has 2 saturated heterocycles. The summed E-state index contributed by atoms with van der Waals surface area (Å²) in [5.41, 5.74) is 3.65. The summed E-state index contributed by atoms with van der Waals surface area (Å²) >= 11 is 3.27. The van der Waals surface area contributed by atoms with E-state index in [1.165, 1.54) is 5.56 Å². The first-order chi connectivity index (χ1) is 14.2.